The van der Waals surface area contributed by atoms with E-state index in [-0.39, 0.29) is 27.5 Å². The number of nitrogens with zero attached hydrogens (tertiary/aromatic N) is 4. The summed E-state index contributed by atoms with van der Waals surface area (Å²) >= 11 is 6.34. The van der Waals surface area contributed by atoms with Gasteiger partial charge in [0.15, 0.2) is 0 Å². The summed E-state index contributed by atoms with van der Waals surface area (Å²) in [7, 11) is 4.90. The number of benzene rings is 1. The average molecular weight is 475 g/mol. The lowest BCUT2D eigenvalue weighted by molar-refractivity contribution is -0.141. The molecule has 1 aromatic carbocycles. The fraction of sp³-hybridized carbons (Fsp3) is 0.174. The highest BCUT2D eigenvalue weighted by atomic mass is 35.5. The van der Waals surface area contributed by atoms with Crippen LogP contribution in [0.15, 0.2) is 64.3 Å². The smallest absolute Gasteiger partial charge is 0.376 e. The topological polar surface area (TPSA) is 60.1 Å². The Kier molecular flexibility index (Phi) is 5.53. The molecule has 0 aliphatic heterocycles. The van der Waals surface area contributed by atoms with Crippen molar-refractivity contribution in [3.8, 4) is 16.8 Å². The van der Waals surface area contributed by atoms with Gasteiger partial charge in [0.25, 0.3) is 5.56 Å². The van der Waals surface area contributed by atoms with Crippen LogP contribution in [0.4, 0.5) is 18.9 Å². The first-order valence-electron chi connectivity index (χ1n) is 9.77. The highest BCUT2D eigenvalue weighted by Crippen LogP contribution is 2.37. The number of hydrogen-bond donors (Lipinski definition) is 0. The molecule has 0 unspecified atom stereocenters. The molecule has 4 rings (SSSR count). The maximum absolute atomic E-state index is 13.9. The normalized spacial score (nSPS) is 11.7. The third-order valence-electron chi connectivity index (χ3n) is 5.20. The Hall–Kier alpha value is -3.59. The summed E-state index contributed by atoms with van der Waals surface area (Å²) in [5.41, 5.74) is -1.01. The fourth-order valence-electron chi connectivity index (χ4n) is 3.73. The number of pyridine rings is 3. The molecule has 0 spiro atoms. The van der Waals surface area contributed by atoms with Crippen molar-refractivity contribution in [3.63, 3.8) is 0 Å². The van der Waals surface area contributed by atoms with Crippen molar-refractivity contribution >= 4 is 28.3 Å². The first-order valence-corrected chi connectivity index (χ1v) is 10.1. The minimum absolute atomic E-state index is 0.170. The van der Waals surface area contributed by atoms with Gasteiger partial charge in [0, 0.05) is 44.4 Å². The molecule has 10 heteroatoms. The van der Waals surface area contributed by atoms with Crippen LogP contribution in [-0.2, 0) is 13.2 Å². The van der Waals surface area contributed by atoms with E-state index in [4.69, 9.17) is 11.6 Å². The van der Waals surface area contributed by atoms with Crippen LogP contribution in [0.25, 0.3) is 27.8 Å². The monoisotopic (exact) mass is 474 g/mol. The lowest BCUT2D eigenvalue weighted by Gasteiger charge is -2.23. The molecule has 6 nitrogen and oxygen atoms in total. The van der Waals surface area contributed by atoms with Crippen LogP contribution in [0.1, 0.15) is 5.69 Å². The second-order valence-corrected chi connectivity index (χ2v) is 8.05. The van der Waals surface area contributed by atoms with E-state index < -0.39 is 17.4 Å². The highest BCUT2D eigenvalue weighted by molar-refractivity contribution is 6.32. The van der Waals surface area contributed by atoms with Gasteiger partial charge in [0.05, 0.1) is 22.0 Å². The van der Waals surface area contributed by atoms with E-state index in [1.165, 1.54) is 41.1 Å². The molecule has 0 amide bonds. The lowest BCUT2D eigenvalue weighted by atomic mass is 10.0. The number of rotatable bonds is 3. The number of aryl methyl sites for hydroxylation is 1. The van der Waals surface area contributed by atoms with Crippen molar-refractivity contribution in [2.45, 2.75) is 6.18 Å². The predicted molar refractivity (Wildman–Crippen MR) is 122 cm³/mol. The average Bonchev–Trinajstić information content (AvgIpc) is 2.74. The van der Waals surface area contributed by atoms with Gasteiger partial charge in [0.2, 0.25) is 5.56 Å². The standard InChI is InChI=1S/C23H18ClF3N4O2/c1-29(2)20-14-9-10-17(23(25,26)27)28-21(14)31(16-7-5-4-6-15(16)24)22(33)19(20)13-8-11-18(32)30(3)12-13/h4-12H,1-3H3. The van der Waals surface area contributed by atoms with E-state index in [2.05, 4.69) is 4.98 Å². The molecule has 3 heterocycles. The molecule has 0 atom stereocenters. The molecule has 0 saturated carbocycles. The second kappa shape index (κ2) is 8.08. The molecule has 0 aliphatic carbocycles. The summed E-state index contributed by atoms with van der Waals surface area (Å²) < 4.78 is 42.9. The van der Waals surface area contributed by atoms with E-state index in [0.29, 0.717) is 16.6 Å². The summed E-state index contributed by atoms with van der Waals surface area (Å²) in [5, 5.41) is 0.487. The van der Waals surface area contributed by atoms with Crippen molar-refractivity contribution in [2.75, 3.05) is 19.0 Å². The van der Waals surface area contributed by atoms with Gasteiger partial charge in [-0.25, -0.2) is 4.98 Å². The predicted octanol–water partition coefficient (Wildman–Crippen LogP) is 4.49. The molecule has 0 bridgehead atoms. The van der Waals surface area contributed by atoms with Gasteiger partial charge >= 0.3 is 6.18 Å². The van der Waals surface area contributed by atoms with Gasteiger partial charge in [0.1, 0.15) is 11.3 Å². The van der Waals surface area contributed by atoms with Crippen molar-refractivity contribution < 1.29 is 13.2 Å². The third-order valence-corrected chi connectivity index (χ3v) is 5.52. The van der Waals surface area contributed by atoms with Crippen LogP contribution >= 0.6 is 11.6 Å². The van der Waals surface area contributed by atoms with E-state index in [9.17, 15) is 22.8 Å². The quantitative estimate of drug-likeness (QED) is 0.439. The molecule has 0 N–H and O–H groups in total. The maximum Gasteiger partial charge on any atom is 0.433 e. The molecule has 3 aromatic heterocycles. The Morgan fingerprint density at radius 3 is 2.30 bits per heavy atom. The fourth-order valence-corrected chi connectivity index (χ4v) is 3.95. The molecular formula is C23H18ClF3N4O2. The molecule has 0 aliphatic rings. The second-order valence-electron chi connectivity index (χ2n) is 7.64. The highest BCUT2D eigenvalue weighted by Gasteiger charge is 2.34. The summed E-state index contributed by atoms with van der Waals surface area (Å²) in [6.45, 7) is 0. The van der Waals surface area contributed by atoms with Gasteiger partial charge in [-0.1, -0.05) is 23.7 Å². The zero-order valence-corrected chi connectivity index (χ0v) is 18.6. The molecule has 170 valence electrons. The largest absolute Gasteiger partial charge is 0.433 e. The third kappa shape index (κ3) is 3.89. The maximum atomic E-state index is 13.9. The van der Waals surface area contributed by atoms with Gasteiger partial charge in [-0.15, -0.1) is 0 Å². The molecule has 0 saturated heterocycles. The first-order chi connectivity index (χ1) is 15.5. The van der Waals surface area contributed by atoms with Crippen LogP contribution in [0.2, 0.25) is 5.02 Å². The van der Waals surface area contributed by atoms with Crippen molar-refractivity contribution in [1.82, 2.24) is 14.1 Å². The SMILES string of the molecule is CN(C)c1c(-c2ccc(=O)n(C)c2)c(=O)n(-c2ccccc2Cl)c2nc(C(F)(F)F)ccc12. The van der Waals surface area contributed by atoms with Gasteiger partial charge in [-0.2, -0.15) is 13.2 Å². The summed E-state index contributed by atoms with van der Waals surface area (Å²) in [4.78, 5) is 31.3. The zero-order chi connectivity index (χ0) is 24.1. The van der Waals surface area contributed by atoms with Crippen LogP contribution in [0.3, 0.4) is 0 Å². The van der Waals surface area contributed by atoms with E-state index in [1.807, 2.05) is 0 Å². The molecular weight excluding hydrogens is 457 g/mol. The minimum atomic E-state index is -4.70. The number of alkyl halides is 3. The van der Waals surface area contributed by atoms with Gasteiger partial charge in [-0.05, 0) is 30.3 Å². The molecule has 0 radical (unpaired) electrons. The molecule has 33 heavy (non-hydrogen) atoms. The van der Waals surface area contributed by atoms with Crippen molar-refractivity contribution in [3.05, 3.63) is 86.2 Å². The van der Waals surface area contributed by atoms with Crippen LogP contribution in [0, 0.1) is 0 Å². The number of aromatic nitrogens is 3. The van der Waals surface area contributed by atoms with Crippen LogP contribution in [0.5, 0.6) is 0 Å². The Morgan fingerprint density at radius 2 is 1.70 bits per heavy atom. The summed E-state index contributed by atoms with van der Waals surface area (Å²) in [5.74, 6) is 0. The molecule has 0 fully saturated rings. The number of para-hydroxylation sites is 1. The van der Waals surface area contributed by atoms with Gasteiger partial charge in [-0.3, -0.25) is 14.2 Å². The first kappa shape index (κ1) is 22.6. The van der Waals surface area contributed by atoms with E-state index >= 15 is 0 Å². The minimum Gasteiger partial charge on any atom is -0.376 e. The Labute approximate surface area is 191 Å². The van der Waals surface area contributed by atoms with Crippen LogP contribution in [-0.4, -0.2) is 28.2 Å². The molecule has 4 aromatic rings. The van der Waals surface area contributed by atoms with Crippen molar-refractivity contribution in [2.24, 2.45) is 7.05 Å². The summed E-state index contributed by atoms with van der Waals surface area (Å²) in [6, 6.07) is 11.3. The lowest BCUT2D eigenvalue weighted by Crippen LogP contribution is -2.27. The van der Waals surface area contributed by atoms with Gasteiger partial charge < -0.3 is 9.47 Å². The van der Waals surface area contributed by atoms with E-state index in [0.717, 1.165) is 10.6 Å². The number of halogens is 4. The van der Waals surface area contributed by atoms with Crippen LogP contribution < -0.4 is 16.0 Å². The Balaban J connectivity index is 2.26. The summed E-state index contributed by atoms with van der Waals surface area (Å²) in [6.07, 6.45) is -3.20. The number of hydrogen-bond acceptors (Lipinski definition) is 4. The van der Waals surface area contributed by atoms with E-state index in [1.54, 1.807) is 38.2 Å². The number of fused-ring (bicyclic) bond motifs is 1. The number of anilines is 1. The Morgan fingerprint density at radius 1 is 1.00 bits per heavy atom. The zero-order valence-electron chi connectivity index (χ0n) is 17.8. The Bertz CT molecular complexity index is 1510. The van der Waals surface area contributed by atoms with Crippen molar-refractivity contribution in [1.29, 1.82) is 0 Å².